The standard InChI is InChI=1S/C12H13NO2.C4H9NO/c1-3-8-13-12(14)9-15-11-6-4-10(2)5-7-11;6-4-1-2-5-3-4/h1,4-7H,8-9H2,2H3,(H,13,14);4-6H,1-3H2/t;4-/m.1/s1. The number of amides is 1. The maximum absolute atomic E-state index is 11.1. The van der Waals surface area contributed by atoms with Gasteiger partial charge in [-0.3, -0.25) is 4.79 Å². The van der Waals surface area contributed by atoms with Crippen LogP contribution >= 0.6 is 0 Å². The van der Waals surface area contributed by atoms with E-state index in [0.29, 0.717) is 5.75 Å². The molecule has 1 aromatic rings. The van der Waals surface area contributed by atoms with Crippen molar-refractivity contribution >= 4 is 5.91 Å². The minimum Gasteiger partial charge on any atom is -0.484 e. The van der Waals surface area contributed by atoms with Crippen LogP contribution in [0.25, 0.3) is 0 Å². The Balaban J connectivity index is 0.000000304. The highest BCUT2D eigenvalue weighted by atomic mass is 16.5. The summed E-state index contributed by atoms with van der Waals surface area (Å²) in [6.45, 7) is 3.99. The molecule has 1 saturated heterocycles. The smallest absolute Gasteiger partial charge is 0.258 e. The first-order chi connectivity index (χ1) is 10.1. The number of terminal acetylenes is 1. The third-order valence-corrected chi connectivity index (χ3v) is 2.81. The minimum atomic E-state index is -0.214. The second-order valence-electron chi connectivity index (χ2n) is 4.73. The number of β-amino-alcohol motifs (C(OH)–C–C–N with tert-alkyl or cyclic N) is 1. The summed E-state index contributed by atoms with van der Waals surface area (Å²) in [5.74, 6) is 2.78. The van der Waals surface area contributed by atoms with Gasteiger partial charge in [-0.1, -0.05) is 23.6 Å². The fourth-order valence-electron chi connectivity index (χ4n) is 1.62. The lowest BCUT2D eigenvalue weighted by molar-refractivity contribution is -0.122. The summed E-state index contributed by atoms with van der Waals surface area (Å²) in [4.78, 5) is 11.1. The molecule has 0 aromatic heterocycles. The molecule has 1 fully saturated rings. The van der Waals surface area contributed by atoms with E-state index in [-0.39, 0.29) is 25.2 Å². The summed E-state index contributed by atoms with van der Waals surface area (Å²) < 4.78 is 5.24. The van der Waals surface area contributed by atoms with E-state index in [1.807, 2.05) is 31.2 Å². The molecular weight excluding hydrogens is 268 g/mol. The lowest BCUT2D eigenvalue weighted by atomic mass is 10.2. The first-order valence-corrected chi connectivity index (χ1v) is 6.90. The summed E-state index contributed by atoms with van der Waals surface area (Å²) in [7, 11) is 0. The Morgan fingerprint density at radius 1 is 1.52 bits per heavy atom. The highest BCUT2D eigenvalue weighted by molar-refractivity contribution is 5.77. The first kappa shape index (κ1) is 17.0. The number of hydrogen-bond donors (Lipinski definition) is 3. The highest BCUT2D eigenvalue weighted by Crippen LogP contribution is 2.10. The number of ether oxygens (including phenoxy) is 1. The Hall–Kier alpha value is -2.03. The topological polar surface area (TPSA) is 70.6 Å². The Labute approximate surface area is 125 Å². The van der Waals surface area contributed by atoms with Crippen LogP contribution < -0.4 is 15.4 Å². The highest BCUT2D eigenvalue weighted by Gasteiger charge is 2.08. The van der Waals surface area contributed by atoms with Crippen LogP contribution in [0.5, 0.6) is 5.75 Å². The maximum atomic E-state index is 11.1. The Bertz CT molecular complexity index is 459. The number of benzene rings is 1. The molecule has 1 aliphatic rings. The molecule has 5 heteroatoms. The van der Waals surface area contributed by atoms with Crippen molar-refractivity contribution in [1.82, 2.24) is 10.6 Å². The number of nitrogens with one attached hydrogen (secondary N) is 2. The van der Waals surface area contributed by atoms with E-state index in [1.165, 1.54) is 0 Å². The molecule has 1 atom stereocenters. The quantitative estimate of drug-likeness (QED) is 0.705. The fourth-order valence-corrected chi connectivity index (χ4v) is 1.62. The zero-order valence-corrected chi connectivity index (χ0v) is 12.3. The average molecular weight is 290 g/mol. The molecule has 1 heterocycles. The van der Waals surface area contributed by atoms with Crippen molar-refractivity contribution < 1.29 is 14.6 Å². The average Bonchev–Trinajstić information content (AvgIpc) is 2.96. The van der Waals surface area contributed by atoms with Crippen LogP contribution in [0, 0.1) is 19.3 Å². The van der Waals surface area contributed by atoms with Crippen LogP contribution in [0.3, 0.4) is 0 Å². The minimum absolute atomic E-state index is 0.00919. The van der Waals surface area contributed by atoms with Gasteiger partial charge >= 0.3 is 0 Å². The molecule has 0 spiro atoms. The Kier molecular flexibility index (Phi) is 7.95. The zero-order valence-electron chi connectivity index (χ0n) is 12.3. The Morgan fingerprint density at radius 3 is 2.71 bits per heavy atom. The van der Waals surface area contributed by atoms with Gasteiger partial charge in [-0.2, -0.15) is 0 Å². The number of rotatable bonds is 4. The van der Waals surface area contributed by atoms with Crippen molar-refractivity contribution in [2.75, 3.05) is 26.2 Å². The lowest BCUT2D eigenvalue weighted by Gasteiger charge is -2.05. The van der Waals surface area contributed by atoms with E-state index in [4.69, 9.17) is 16.3 Å². The predicted octanol–water partition coefficient (Wildman–Crippen LogP) is 0.464. The van der Waals surface area contributed by atoms with E-state index in [0.717, 1.165) is 25.1 Å². The summed E-state index contributed by atoms with van der Waals surface area (Å²) in [6.07, 6.45) is 5.86. The van der Waals surface area contributed by atoms with Crippen molar-refractivity contribution in [2.24, 2.45) is 0 Å². The second-order valence-corrected chi connectivity index (χ2v) is 4.73. The van der Waals surface area contributed by atoms with Gasteiger partial charge in [0.05, 0.1) is 12.6 Å². The number of hydrogen-bond acceptors (Lipinski definition) is 4. The summed E-state index contributed by atoms with van der Waals surface area (Å²) >= 11 is 0. The van der Waals surface area contributed by atoms with Gasteiger partial charge < -0.3 is 20.5 Å². The van der Waals surface area contributed by atoms with Crippen LogP contribution in [0.4, 0.5) is 0 Å². The van der Waals surface area contributed by atoms with Gasteiger partial charge in [0.15, 0.2) is 6.61 Å². The summed E-state index contributed by atoms with van der Waals surface area (Å²) in [5, 5.41) is 14.2. The van der Waals surface area contributed by atoms with Crippen molar-refractivity contribution in [1.29, 1.82) is 0 Å². The Morgan fingerprint density at radius 2 is 2.24 bits per heavy atom. The fraction of sp³-hybridized carbons (Fsp3) is 0.438. The maximum Gasteiger partial charge on any atom is 0.258 e. The van der Waals surface area contributed by atoms with Crippen molar-refractivity contribution in [3.63, 3.8) is 0 Å². The monoisotopic (exact) mass is 290 g/mol. The van der Waals surface area contributed by atoms with E-state index in [9.17, 15) is 4.79 Å². The number of carbonyl (C=O) groups excluding carboxylic acids is 1. The van der Waals surface area contributed by atoms with Crippen molar-refractivity contribution in [3.05, 3.63) is 29.8 Å². The van der Waals surface area contributed by atoms with Crippen LogP contribution in [0.2, 0.25) is 0 Å². The van der Waals surface area contributed by atoms with E-state index in [1.54, 1.807) is 0 Å². The number of carbonyl (C=O) groups is 1. The normalized spacial score (nSPS) is 16.3. The van der Waals surface area contributed by atoms with Crippen LogP contribution in [0.15, 0.2) is 24.3 Å². The molecule has 3 N–H and O–H groups in total. The molecule has 0 unspecified atom stereocenters. The molecular formula is C16H22N2O3. The first-order valence-electron chi connectivity index (χ1n) is 6.90. The molecule has 21 heavy (non-hydrogen) atoms. The molecule has 1 aliphatic heterocycles. The van der Waals surface area contributed by atoms with E-state index >= 15 is 0 Å². The van der Waals surface area contributed by atoms with Crippen molar-refractivity contribution in [3.8, 4) is 18.1 Å². The third kappa shape index (κ3) is 7.98. The van der Waals surface area contributed by atoms with Gasteiger partial charge in [-0.15, -0.1) is 6.42 Å². The van der Waals surface area contributed by atoms with Gasteiger partial charge in [-0.05, 0) is 32.0 Å². The molecule has 5 nitrogen and oxygen atoms in total. The van der Waals surface area contributed by atoms with Crippen LogP contribution in [-0.2, 0) is 4.79 Å². The van der Waals surface area contributed by atoms with Gasteiger partial charge in [0, 0.05) is 6.54 Å². The predicted molar refractivity (Wildman–Crippen MR) is 82.0 cm³/mol. The molecule has 1 aromatic carbocycles. The third-order valence-electron chi connectivity index (χ3n) is 2.81. The molecule has 114 valence electrons. The molecule has 0 saturated carbocycles. The number of aliphatic hydroxyl groups is 1. The SMILES string of the molecule is C#CCNC(=O)COc1ccc(C)cc1.O[C@@H]1CCNC1. The zero-order chi connectivity index (χ0) is 15.5. The molecule has 0 radical (unpaired) electrons. The van der Waals surface area contributed by atoms with E-state index in [2.05, 4.69) is 16.6 Å². The van der Waals surface area contributed by atoms with Crippen LogP contribution in [0.1, 0.15) is 12.0 Å². The summed E-state index contributed by atoms with van der Waals surface area (Å²) in [5.41, 5.74) is 1.15. The van der Waals surface area contributed by atoms with Gasteiger partial charge in [0.25, 0.3) is 5.91 Å². The largest absolute Gasteiger partial charge is 0.484 e. The van der Waals surface area contributed by atoms with Gasteiger partial charge in [-0.25, -0.2) is 0 Å². The van der Waals surface area contributed by atoms with E-state index < -0.39 is 0 Å². The van der Waals surface area contributed by atoms with Gasteiger partial charge in [0.1, 0.15) is 5.75 Å². The van der Waals surface area contributed by atoms with Gasteiger partial charge in [0.2, 0.25) is 0 Å². The number of aliphatic hydroxyl groups excluding tert-OH is 1. The number of aryl methyl sites for hydroxylation is 1. The molecule has 0 aliphatic carbocycles. The van der Waals surface area contributed by atoms with Crippen molar-refractivity contribution in [2.45, 2.75) is 19.4 Å². The molecule has 0 bridgehead atoms. The molecule has 2 rings (SSSR count). The second kappa shape index (κ2) is 9.81. The van der Waals surface area contributed by atoms with Crippen LogP contribution in [-0.4, -0.2) is 43.4 Å². The molecule has 1 amide bonds. The lowest BCUT2D eigenvalue weighted by Crippen LogP contribution is -2.28. The summed E-state index contributed by atoms with van der Waals surface area (Å²) in [6, 6.07) is 7.50.